The van der Waals surface area contributed by atoms with E-state index in [0.29, 0.717) is 19.3 Å². The molecule has 0 N–H and O–H groups in total. The monoisotopic (exact) mass is 344 g/mol. The summed E-state index contributed by atoms with van der Waals surface area (Å²) in [7, 11) is 3.07. The molecule has 5 bridgehead atoms. The van der Waals surface area contributed by atoms with Crippen molar-refractivity contribution < 1.29 is 23.9 Å². The average molecular weight is 344 g/mol. The summed E-state index contributed by atoms with van der Waals surface area (Å²) >= 11 is 0. The molecule has 0 saturated heterocycles. The van der Waals surface area contributed by atoms with E-state index in [1.54, 1.807) is 0 Å². The third-order valence-corrected chi connectivity index (χ3v) is 8.39. The number of hydrogen-bond donors (Lipinski definition) is 0. The van der Waals surface area contributed by atoms with Crippen molar-refractivity contribution in [1.82, 2.24) is 0 Å². The number of rotatable bonds is 3. The van der Waals surface area contributed by atoms with Crippen molar-refractivity contribution in [1.29, 1.82) is 0 Å². The average Bonchev–Trinajstić information content (AvgIpc) is 2.65. The van der Waals surface area contributed by atoms with Gasteiger partial charge in [-0.2, -0.15) is 0 Å². The number of Topliss-reactive ketones (excluding diaryl/α,β-unsaturated/α-hetero) is 2. The lowest BCUT2D eigenvalue weighted by Crippen LogP contribution is -2.77. The van der Waals surface area contributed by atoms with Crippen molar-refractivity contribution in [2.75, 3.05) is 14.2 Å². The summed E-state index contributed by atoms with van der Waals surface area (Å²) in [5.41, 5.74) is -0.208. The second-order valence-electron chi connectivity index (χ2n) is 8.53. The van der Waals surface area contributed by atoms with Gasteiger partial charge < -0.3 is 14.3 Å². The Labute approximate surface area is 147 Å². The Morgan fingerprint density at radius 3 is 2.52 bits per heavy atom. The minimum atomic E-state index is -1.20. The maximum atomic E-state index is 13.6. The van der Waals surface area contributed by atoms with E-state index < -0.39 is 16.6 Å². The Hall–Kier alpha value is -1.33. The number of hydrogen-bond acceptors (Lipinski definition) is 5. The fraction of sp³-hybridized carbons (Fsp3) is 0.750. The molecule has 0 aromatic rings. The van der Waals surface area contributed by atoms with Gasteiger partial charge in [-0.25, -0.2) is 0 Å². The van der Waals surface area contributed by atoms with Gasteiger partial charge in [0.15, 0.2) is 5.78 Å². The van der Waals surface area contributed by atoms with E-state index in [-0.39, 0.29) is 35.2 Å². The fourth-order valence-corrected chi connectivity index (χ4v) is 7.47. The standard InChI is InChI=1S/C20H24O5/c1-24-20(25-2)12-8-14-13-5-3-4-11(10-21)18(13)6-7-19(14,17(20)23)15(9-12)16(18)22/h5,10-12,14-15H,3-4,6-9H2,1-2H3/t11-,12-,14+,15-,18-,19+/m1/s1. The Bertz CT molecular complexity index is 720. The highest BCUT2D eigenvalue weighted by molar-refractivity contribution is 6.06. The maximum absolute atomic E-state index is 13.6. The van der Waals surface area contributed by atoms with Gasteiger partial charge >= 0.3 is 0 Å². The molecular formula is C20H24O5. The lowest BCUT2D eigenvalue weighted by Gasteiger charge is -2.71. The Morgan fingerprint density at radius 1 is 1.12 bits per heavy atom. The van der Waals surface area contributed by atoms with E-state index in [1.165, 1.54) is 14.2 Å². The molecule has 0 unspecified atom stereocenters. The van der Waals surface area contributed by atoms with Gasteiger partial charge in [0.05, 0.1) is 10.8 Å². The molecule has 7 aliphatic carbocycles. The quantitative estimate of drug-likeness (QED) is 0.445. The van der Waals surface area contributed by atoms with Crippen LogP contribution >= 0.6 is 0 Å². The molecule has 25 heavy (non-hydrogen) atoms. The van der Waals surface area contributed by atoms with Crippen LogP contribution in [0, 0.1) is 34.5 Å². The first-order valence-corrected chi connectivity index (χ1v) is 9.38. The molecule has 6 fully saturated rings. The molecule has 6 saturated carbocycles. The molecule has 0 aliphatic heterocycles. The van der Waals surface area contributed by atoms with E-state index >= 15 is 0 Å². The zero-order valence-corrected chi connectivity index (χ0v) is 14.7. The summed E-state index contributed by atoms with van der Waals surface area (Å²) in [6.07, 6.45) is 7.50. The van der Waals surface area contributed by atoms with Crippen LogP contribution < -0.4 is 0 Å². The van der Waals surface area contributed by atoms with Crippen molar-refractivity contribution in [3.63, 3.8) is 0 Å². The molecule has 0 aromatic heterocycles. The molecule has 0 amide bonds. The summed E-state index contributed by atoms with van der Waals surface area (Å²) in [5.74, 6) is -1.59. The number of ketones is 2. The van der Waals surface area contributed by atoms with Crippen molar-refractivity contribution >= 4 is 17.9 Å². The first-order chi connectivity index (χ1) is 12.0. The summed E-state index contributed by atoms with van der Waals surface area (Å²) in [6.45, 7) is 0. The zero-order valence-electron chi connectivity index (χ0n) is 14.7. The Balaban J connectivity index is 1.73. The molecule has 5 nitrogen and oxygen atoms in total. The predicted molar refractivity (Wildman–Crippen MR) is 87.4 cm³/mol. The van der Waals surface area contributed by atoms with Crippen LogP contribution in [-0.4, -0.2) is 37.9 Å². The highest BCUT2D eigenvalue weighted by atomic mass is 16.7. The van der Waals surface area contributed by atoms with E-state index in [0.717, 1.165) is 31.1 Å². The SMILES string of the molecule is COC1(OC)C(=O)[C@]23CC[C@]45C(=O)[C@H]2C[C@H]1C[C@H]3C4=CCC[C@@H]5C=O. The highest BCUT2D eigenvalue weighted by Gasteiger charge is 2.79. The molecule has 7 aliphatic rings. The fourth-order valence-electron chi connectivity index (χ4n) is 7.47. The van der Waals surface area contributed by atoms with Crippen LogP contribution in [0.15, 0.2) is 11.6 Å². The number of carbonyl (C=O) groups is 3. The van der Waals surface area contributed by atoms with E-state index in [9.17, 15) is 14.4 Å². The second-order valence-corrected chi connectivity index (χ2v) is 8.53. The molecule has 134 valence electrons. The number of fused-ring (bicyclic) bond motifs is 2. The van der Waals surface area contributed by atoms with Gasteiger partial charge in [0.1, 0.15) is 12.1 Å². The van der Waals surface area contributed by atoms with Crippen LogP contribution in [0.3, 0.4) is 0 Å². The van der Waals surface area contributed by atoms with Crippen LogP contribution in [0.1, 0.15) is 38.5 Å². The molecular weight excluding hydrogens is 320 g/mol. The minimum absolute atomic E-state index is 0.0294. The van der Waals surface area contributed by atoms with Gasteiger partial charge in [-0.15, -0.1) is 0 Å². The number of aldehydes is 1. The van der Waals surface area contributed by atoms with Crippen molar-refractivity contribution in [3.8, 4) is 0 Å². The Morgan fingerprint density at radius 2 is 1.84 bits per heavy atom. The van der Waals surface area contributed by atoms with Gasteiger partial charge in [0, 0.05) is 32.0 Å². The molecule has 5 heteroatoms. The number of allylic oxidation sites excluding steroid dienone is 2. The third-order valence-electron chi connectivity index (χ3n) is 8.39. The summed E-state index contributed by atoms with van der Waals surface area (Å²) in [6, 6.07) is 0. The van der Waals surface area contributed by atoms with Gasteiger partial charge in [-0.05, 0) is 44.4 Å². The first-order valence-electron chi connectivity index (χ1n) is 9.38. The summed E-state index contributed by atoms with van der Waals surface area (Å²) < 4.78 is 11.3. The molecule has 2 spiro atoms. The van der Waals surface area contributed by atoms with Crippen molar-refractivity contribution in [3.05, 3.63) is 11.6 Å². The predicted octanol–water partition coefficient (Wildman–Crippen LogP) is 2.09. The first kappa shape index (κ1) is 15.9. The zero-order chi connectivity index (χ0) is 17.6. The summed E-state index contributed by atoms with van der Waals surface area (Å²) in [4.78, 5) is 39.0. The number of carbonyl (C=O) groups excluding carboxylic acids is 3. The van der Waals surface area contributed by atoms with Crippen LogP contribution in [-0.2, 0) is 23.9 Å². The third kappa shape index (κ3) is 1.38. The molecule has 6 atom stereocenters. The molecule has 0 radical (unpaired) electrons. The smallest absolute Gasteiger partial charge is 0.231 e. The van der Waals surface area contributed by atoms with E-state index in [1.807, 2.05) is 0 Å². The Kier molecular flexibility index (Phi) is 2.98. The number of ether oxygens (including phenoxy) is 2. The molecule has 0 heterocycles. The van der Waals surface area contributed by atoms with Crippen LogP contribution in [0.4, 0.5) is 0 Å². The van der Waals surface area contributed by atoms with Gasteiger partial charge in [-0.3, -0.25) is 9.59 Å². The largest absolute Gasteiger partial charge is 0.347 e. The van der Waals surface area contributed by atoms with E-state index in [2.05, 4.69) is 6.08 Å². The van der Waals surface area contributed by atoms with Crippen LogP contribution in [0.5, 0.6) is 0 Å². The van der Waals surface area contributed by atoms with Crippen LogP contribution in [0.25, 0.3) is 0 Å². The highest BCUT2D eigenvalue weighted by Crippen LogP contribution is 2.75. The lowest BCUT2D eigenvalue weighted by atomic mass is 9.31. The minimum Gasteiger partial charge on any atom is -0.347 e. The number of methoxy groups -OCH3 is 2. The molecule has 0 aromatic carbocycles. The maximum Gasteiger partial charge on any atom is 0.231 e. The van der Waals surface area contributed by atoms with Crippen LogP contribution in [0.2, 0.25) is 0 Å². The lowest BCUT2D eigenvalue weighted by molar-refractivity contribution is -0.285. The normalized spacial score (nSPS) is 49.0. The second kappa shape index (κ2) is 4.68. The van der Waals surface area contributed by atoms with Gasteiger partial charge in [0.25, 0.3) is 0 Å². The van der Waals surface area contributed by atoms with Gasteiger partial charge in [0.2, 0.25) is 5.79 Å². The molecule has 7 rings (SSSR count). The van der Waals surface area contributed by atoms with Crippen molar-refractivity contribution in [2.45, 2.75) is 44.3 Å². The summed E-state index contributed by atoms with van der Waals surface area (Å²) in [5, 5.41) is 0. The topological polar surface area (TPSA) is 69.7 Å². The van der Waals surface area contributed by atoms with E-state index in [4.69, 9.17) is 9.47 Å². The van der Waals surface area contributed by atoms with Gasteiger partial charge in [-0.1, -0.05) is 11.6 Å². The van der Waals surface area contributed by atoms with Crippen molar-refractivity contribution in [2.24, 2.45) is 34.5 Å².